The zero-order chi connectivity index (χ0) is 14.3. The molecule has 1 aromatic rings. The zero-order valence-corrected chi connectivity index (χ0v) is 13.1. The molecule has 2 saturated heterocycles. The average molecular weight is 294 g/mol. The first kappa shape index (κ1) is 14.0. The van der Waals surface area contributed by atoms with E-state index < -0.39 is 5.54 Å². The van der Waals surface area contributed by atoms with E-state index in [4.69, 9.17) is 4.74 Å². The molecule has 3 atom stereocenters. The van der Waals surface area contributed by atoms with Gasteiger partial charge in [-0.2, -0.15) is 0 Å². The summed E-state index contributed by atoms with van der Waals surface area (Å²) in [5, 5.41) is 3.55. The summed E-state index contributed by atoms with van der Waals surface area (Å²) in [6.45, 7) is 7.60. The lowest BCUT2D eigenvalue weighted by Gasteiger charge is -2.28. The highest BCUT2D eigenvalue weighted by molar-refractivity contribution is 7.12. The maximum atomic E-state index is 12.8. The first-order chi connectivity index (χ1) is 9.55. The van der Waals surface area contributed by atoms with E-state index in [0.717, 1.165) is 19.4 Å². The Hall–Kier alpha value is -0.910. The third kappa shape index (κ3) is 2.18. The summed E-state index contributed by atoms with van der Waals surface area (Å²) in [5.74, 6) is 0.214. The number of carbonyl (C=O) groups excluding carboxylic acids is 1. The Kier molecular flexibility index (Phi) is 3.60. The quantitative estimate of drug-likeness (QED) is 0.931. The van der Waals surface area contributed by atoms with E-state index in [2.05, 4.69) is 31.3 Å². The van der Waals surface area contributed by atoms with E-state index in [0.29, 0.717) is 6.61 Å². The summed E-state index contributed by atoms with van der Waals surface area (Å²) in [4.78, 5) is 17.4. The van der Waals surface area contributed by atoms with Crippen LogP contribution in [0.2, 0.25) is 0 Å². The predicted molar refractivity (Wildman–Crippen MR) is 79.7 cm³/mol. The van der Waals surface area contributed by atoms with Gasteiger partial charge in [-0.1, -0.05) is 6.92 Å². The van der Waals surface area contributed by atoms with Crippen molar-refractivity contribution in [3.63, 3.8) is 0 Å². The van der Waals surface area contributed by atoms with Gasteiger partial charge in [0.05, 0.1) is 18.2 Å². The first-order valence-corrected chi connectivity index (χ1v) is 8.11. The Bertz CT molecular complexity index is 510. The number of thiophene rings is 1. The molecule has 3 unspecified atom stereocenters. The highest BCUT2D eigenvalue weighted by atomic mass is 32.1. The molecular weight excluding hydrogens is 272 g/mol. The van der Waals surface area contributed by atoms with Crippen molar-refractivity contribution >= 4 is 17.2 Å². The van der Waals surface area contributed by atoms with Crippen molar-refractivity contribution in [2.45, 2.75) is 51.4 Å². The molecule has 3 heterocycles. The van der Waals surface area contributed by atoms with E-state index >= 15 is 0 Å². The number of aryl methyl sites for hydroxylation is 1. The SMILES string of the molecule is CCC1(C)NC(c2ccc(C)s2)N(C2CCOC2)C1=O. The van der Waals surface area contributed by atoms with Crippen LogP contribution in [0.25, 0.3) is 0 Å². The standard InChI is InChI=1S/C15H22N2O2S/c1-4-15(3)14(18)17(11-7-8-19-9-11)13(16-15)12-6-5-10(2)20-12/h5-6,11,13,16H,4,7-9H2,1-3H3. The van der Waals surface area contributed by atoms with Crippen LogP contribution in [0.15, 0.2) is 12.1 Å². The highest BCUT2D eigenvalue weighted by Gasteiger charge is 2.50. The van der Waals surface area contributed by atoms with Crippen molar-refractivity contribution in [3.05, 3.63) is 21.9 Å². The van der Waals surface area contributed by atoms with Gasteiger partial charge in [0.15, 0.2) is 0 Å². The van der Waals surface area contributed by atoms with Crippen LogP contribution in [0.3, 0.4) is 0 Å². The van der Waals surface area contributed by atoms with E-state index in [9.17, 15) is 4.79 Å². The van der Waals surface area contributed by atoms with E-state index in [1.165, 1.54) is 9.75 Å². The summed E-state index contributed by atoms with van der Waals surface area (Å²) in [6, 6.07) is 4.46. The molecule has 2 aliphatic heterocycles. The van der Waals surface area contributed by atoms with Gasteiger partial charge in [-0.05, 0) is 38.8 Å². The second-order valence-corrected chi connectivity index (χ2v) is 7.23. The van der Waals surface area contributed by atoms with Crippen LogP contribution in [-0.2, 0) is 9.53 Å². The maximum absolute atomic E-state index is 12.8. The summed E-state index contributed by atoms with van der Waals surface area (Å²) in [6.07, 6.45) is 1.74. The van der Waals surface area contributed by atoms with Gasteiger partial charge in [0.1, 0.15) is 6.17 Å². The fourth-order valence-electron chi connectivity index (χ4n) is 3.02. The number of nitrogens with zero attached hydrogens (tertiary/aromatic N) is 1. The minimum Gasteiger partial charge on any atom is -0.379 e. The lowest BCUT2D eigenvalue weighted by atomic mass is 9.99. The second kappa shape index (κ2) is 5.13. The number of amides is 1. The number of rotatable bonds is 3. The first-order valence-electron chi connectivity index (χ1n) is 7.29. The molecule has 0 aliphatic carbocycles. The molecule has 0 radical (unpaired) electrons. The van der Waals surface area contributed by atoms with Gasteiger partial charge in [-0.15, -0.1) is 11.3 Å². The number of hydrogen-bond acceptors (Lipinski definition) is 4. The molecule has 1 N–H and O–H groups in total. The summed E-state index contributed by atoms with van der Waals surface area (Å²) in [7, 11) is 0. The molecule has 0 aromatic carbocycles. The van der Waals surface area contributed by atoms with Crippen LogP contribution < -0.4 is 5.32 Å². The van der Waals surface area contributed by atoms with E-state index in [-0.39, 0.29) is 18.1 Å². The Balaban J connectivity index is 1.95. The third-order valence-electron chi connectivity index (χ3n) is 4.48. The van der Waals surface area contributed by atoms with Crippen LogP contribution in [-0.4, -0.2) is 35.6 Å². The molecule has 1 amide bonds. The van der Waals surface area contributed by atoms with Crippen molar-refractivity contribution in [2.24, 2.45) is 0 Å². The maximum Gasteiger partial charge on any atom is 0.244 e. The molecule has 4 nitrogen and oxygen atoms in total. The molecule has 0 bridgehead atoms. The molecule has 20 heavy (non-hydrogen) atoms. The van der Waals surface area contributed by atoms with Crippen molar-refractivity contribution in [1.82, 2.24) is 10.2 Å². The van der Waals surface area contributed by atoms with Gasteiger partial charge in [0, 0.05) is 16.4 Å². The largest absolute Gasteiger partial charge is 0.379 e. The fraction of sp³-hybridized carbons (Fsp3) is 0.667. The Labute approximate surface area is 124 Å². The monoisotopic (exact) mass is 294 g/mol. The van der Waals surface area contributed by atoms with Gasteiger partial charge in [-0.25, -0.2) is 0 Å². The smallest absolute Gasteiger partial charge is 0.244 e. The molecule has 1 aromatic heterocycles. The molecule has 110 valence electrons. The Morgan fingerprint density at radius 3 is 2.90 bits per heavy atom. The normalized spacial score (nSPS) is 34.1. The van der Waals surface area contributed by atoms with Crippen LogP contribution in [0.1, 0.15) is 42.6 Å². The van der Waals surface area contributed by atoms with E-state index in [1.54, 1.807) is 11.3 Å². The van der Waals surface area contributed by atoms with Crippen molar-refractivity contribution < 1.29 is 9.53 Å². The van der Waals surface area contributed by atoms with Crippen LogP contribution in [0.4, 0.5) is 0 Å². The summed E-state index contributed by atoms with van der Waals surface area (Å²) >= 11 is 1.76. The minimum absolute atomic E-state index is 0.00199. The number of ether oxygens (including phenoxy) is 1. The van der Waals surface area contributed by atoms with Gasteiger partial charge in [0.25, 0.3) is 0 Å². The highest BCUT2D eigenvalue weighted by Crippen LogP contribution is 2.38. The lowest BCUT2D eigenvalue weighted by Crippen LogP contribution is -2.45. The van der Waals surface area contributed by atoms with E-state index in [1.807, 2.05) is 11.8 Å². The van der Waals surface area contributed by atoms with Crippen LogP contribution in [0, 0.1) is 6.92 Å². The van der Waals surface area contributed by atoms with Crippen molar-refractivity contribution in [2.75, 3.05) is 13.2 Å². The Morgan fingerprint density at radius 1 is 1.55 bits per heavy atom. The minimum atomic E-state index is -0.453. The van der Waals surface area contributed by atoms with Gasteiger partial charge in [0.2, 0.25) is 5.91 Å². The van der Waals surface area contributed by atoms with Crippen LogP contribution >= 0.6 is 11.3 Å². The van der Waals surface area contributed by atoms with Crippen LogP contribution in [0.5, 0.6) is 0 Å². The third-order valence-corrected chi connectivity index (χ3v) is 5.53. The zero-order valence-electron chi connectivity index (χ0n) is 12.3. The van der Waals surface area contributed by atoms with Crippen molar-refractivity contribution in [3.8, 4) is 0 Å². The predicted octanol–water partition coefficient (Wildman–Crippen LogP) is 2.44. The van der Waals surface area contributed by atoms with Crippen molar-refractivity contribution in [1.29, 1.82) is 0 Å². The molecule has 0 spiro atoms. The number of carbonyl (C=O) groups is 1. The number of nitrogens with one attached hydrogen (secondary N) is 1. The molecule has 3 rings (SSSR count). The topological polar surface area (TPSA) is 41.6 Å². The van der Waals surface area contributed by atoms with Gasteiger partial charge >= 0.3 is 0 Å². The molecule has 2 aliphatic rings. The fourth-order valence-corrected chi connectivity index (χ4v) is 3.94. The Morgan fingerprint density at radius 2 is 2.35 bits per heavy atom. The molecule has 2 fully saturated rings. The second-order valence-electron chi connectivity index (χ2n) is 5.91. The molecule has 0 saturated carbocycles. The molecular formula is C15H22N2O2S. The summed E-state index contributed by atoms with van der Waals surface area (Å²) in [5.41, 5.74) is -0.453. The summed E-state index contributed by atoms with van der Waals surface area (Å²) < 4.78 is 5.49. The van der Waals surface area contributed by atoms with Gasteiger partial charge < -0.3 is 9.64 Å². The van der Waals surface area contributed by atoms with Gasteiger partial charge in [-0.3, -0.25) is 10.1 Å². The molecule has 5 heteroatoms. The number of hydrogen-bond donors (Lipinski definition) is 1. The lowest BCUT2D eigenvalue weighted by molar-refractivity contribution is -0.135. The average Bonchev–Trinajstić information content (AvgIpc) is 3.12.